The SMILES string of the molecule is C=C(C)C1=NCN(c2cn(-c3cc(OC)c(OC)c(OC)c3)cn2)c2cc(OC)c(OC)cc21. The van der Waals surface area contributed by atoms with E-state index >= 15 is 0 Å². The van der Waals surface area contributed by atoms with Gasteiger partial charge in [-0.25, -0.2) is 4.98 Å². The van der Waals surface area contributed by atoms with Crippen LogP contribution in [0.5, 0.6) is 28.7 Å². The van der Waals surface area contributed by atoms with Gasteiger partial charge >= 0.3 is 0 Å². The number of imidazole rings is 1. The van der Waals surface area contributed by atoms with E-state index in [4.69, 9.17) is 28.7 Å². The van der Waals surface area contributed by atoms with E-state index in [1.54, 1.807) is 41.9 Å². The van der Waals surface area contributed by atoms with Gasteiger partial charge in [0.2, 0.25) is 5.75 Å². The van der Waals surface area contributed by atoms with Crippen LogP contribution in [0.1, 0.15) is 12.5 Å². The van der Waals surface area contributed by atoms with Gasteiger partial charge in [-0.2, -0.15) is 0 Å². The maximum absolute atomic E-state index is 5.55. The molecule has 3 aromatic rings. The molecule has 0 aliphatic carbocycles. The van der Waals surface area contributed by atoms with Crippen LogP contribution in [-0.4, -0.2) is 57.5 Å². The predicted molar refractivity (Wildman–Crippen MR) is 131 cm³/mol. The fourth-order valence-corrected chi connectivity index (χ4v) is 3.95. The van der Waals surface area contributed by atoms with Gasteiger partial charge in [0.15, 0.2) is 28.8 Å². The second-order valence-electron chi connectivity index (χ2n) is 7.60. The highest BCUT2D eigenvalue weighted by Crippen LogP contribution is 2.42. The zero-order valence-electron chi connectivity index (χ0n) is 20.2. The molecular formula is C25H28N4O5. The highest BCUT2D eigenvalue weighted by molar-refractivity contribution is 6.16. The van der Waals surface area contributed by atoms with Crippen LogP contribution in [0.3, 0.4) is 0 Å². The lowest BCUT2D eigenvalue weighted by molar-refractivity contribution is 0.324. The molecule has 1 aromatic heterocycles. The number of anilines is 2. The van der Waals surface area contributed by atoms with Crippen LogP contribution in [-0.2, 0) is 0 Å². The highest BCUT2D eigenvalue weighted by atomic mass is 16.5. The first-order valence-corrected chi connectivity index (χ1v) is 10.5. The number of hydrogen-bond acceptors (Lipinski definition) is 8. The van der Waals surface area contributed by atoms with Crippen molar-refractivity contribution in [2.24, 2.45) is 4.99 Å². The Bertz CT molecular complexity index is 1240. The molecule has 9 heteroatoms. The molecule has 178 valence electrons. The molecule has 2 aromatic carbocycles. The van der Waals surface area contributed by atoms with Crippen LogP contribution < -0.4 is 28.6 Å². The third-order valence-corrected chi connectivity index (χ3v) is 5.62. The van der Waals surface area contributed by atoms with Crippen LogP contribution in [0, 0.1) is 0 Å². The van der Waals surface area contributed by atoms with Crippen molar-refractivity contribution in [1.29, 1.82) is 0 Å². The van der Waals surface area contributed by atoms with E-state index in [9.17, 15) is 0 Å². The molecule has 1 aliphatic rings. The summed E-state index contributed by atoms with van der Waals surface area (Å²) in [5.74, 6) is 3.61. The second kappa shape index (κ2) is 9.38. The van der Waals surface area contributed by atoms with E-state index in [1.807, 2.05) is 46.9 Å². The average Bonchev–Trinajstić information content (AvgIpc) is 3.36. The molecule has 0 saturated carbocycles. The summed E-state index contributed by atoms with van der Waals surface area (Å²) in [5.41, 5.74) is 4.32. The number of allylic oxidation sites excluding steroid dienone is 1. The molecule has 0 N–H and O–H groups in total. The molecule has 0 radical (unpaired) electrons. The number of methoxy groups -OCH3 is 5. The van der Waals surface area contributed by atoms with Gasteiger partial charge in [-0.3, -0.25) is 4.99 Å². The lowest BCUT2D eigenvalue weighted by atomic mass is 9.99. The molecule has 9 nitrogen and oxygen atoms in total. The van der Waals surface area contributed by atoms with Crippen LogP contribution in [0.2, 0.25) is 0 Å². The molecule has 0 atom stereocenters. The summed E-state index contributed by atoms with van der Waals surface area (Å²) in [6.07, 6.45) is 3.65. The third kappa shape index (κ3) is 3.89. The summed E-state index contributed by atoms with van der Waals surface area (Å²) >= 11 is 0. The van der Waals surface area contributed by atoms with Crippen LogP contribution in [0.25, 0.3) is 5.69 Å². The standard InChI is InChI=1S/C25H28N4O5/c1-15(2)24-17-10-19(30-3)20(31-4)11-18(17)29(14-27-24)23-12-28(13-26-23)16-8-21(32-5)25(34-7)22(9-16)33-6/h8-13H,1,14H2,2-7H3. The highest BCUT2D eigenvalue weighted by Gasteiger charge is 2.26. The van der Waals surface area contributed by atoms with Gasteiger partial charge in [0.25, 0.3) is 0 Å². The number of ether oxygens (including phenoxy) is 5. The zero-order chi connectivity index (χ0) is 24.4. The van der Waals surface area contributed by atoms with Crippen LogP contribution in [0.15, 0.2) is 53.9 Å². The van der Waals surface area contributed by atoms with E-state index in [0.29, 0.717) is 41.2 Å². The minimum Gasteiger partial charge on any atom is -0.493 e. The van der Waals surface area contributed by atoms with Crippen molar-refractivity contribution in [3.05, 3.63) is 54.5 Å². The van der Waals surface area contributed by atoms with Crippen LogP contribution in [0.4, 0.5) is 11.5 Å². The molecule has 0 amide bonds. The van der Waals surface area contributed by atoms with Crippen molar-refractivity contribution >= 4 is 17.2 Å². The Kier molecular flexibility index (Phi) is 6.36. The number of hydrogen-bond donors (Lipinski definition) is 0. The van der Waals surface area contributed by atoms with Gasteiger partial charge in [-0.1, -0.05) is 6.58 Å². The molecule has 34 heavy (non-hydrogen) atoms. The third-order valence-electron chi connectivity index (χ3n) is 5.62. The van der Waals surface area contributed by atoms with E-state index < -0.39 is 0 Å². The van der Waals surface area contributed by atoms with Crippen molar-refractivity contribution in [2.75, 3.05) is 47.1 Å². The largest absolute Gasteiger partial charge is 0.493 e. The minimum atomic E-state index is 0.386. The summed E-state index contributed by atoms with van der Waals surface area (Å²) in [4.78, 5) is 11.4. The number of aromatic nitrogens is 2. The van der Waals surface area contributed by atoms with E-state index in [0.717, 1.165) is 28.2 Å². The van der Waals surface area contributed by atoms with E-state index in [-0.39, 0.29) is 0 Å². The van der Waals surface area contributed by atoms with E-state index in [2.05, 4.69) is 11.6 Å². The summed E-state index contributed by atoms with van der Waals surface area (Å²) < 4.78 is 29.4. The Hall–Kier alpha value is -4.14. The Morgan fingerprint density at radius 1 is 0.853 bits per heavy atom. The van der Waals surface area contributed by atoms with Crippen molar-refractivity contribution in [1.82, 2.24) is 9.55 Å². The predicted octanol–water partition coefficient (Wildman–Crippen LogP) is 4.39. The monoisotopic (exact) mass is 464 g/mol. The number of aliphatic imine (C=N–C) groups is 1. The first kappa shape index (κ1) is 23.0. The Morgan fingerprint density at radius 2 is 1.47 bits per heavy atom. The van der Waals surface area contributed by atoms with Crippen molar-refractivity contribution in [3.63, 3.8) is 0 Å². The Labute approximate surface area is 198 Å². The molecular weight excluding hydrogens is 436 g/mol. The van der Waals surface area contributed by atoms with Gasteiger partial charge in [0.1, 0.15) is 13.0 Å². The van der Waals surface area contributed by atoms with Crippen molar-refractivity contribution in [3.8, 4) is 34.4 Å². The maximum Gasteiger partial charge on any atom is 0.203 e. The van der Waals surface area contributed by atoms with Gasteiger partial charge in [0.05, 0.1) is 58.8 Å². The zero-order valence-corrected chi connectivity index (χ0v) is 20.2. The fourth-order valence-electron chi connectivity index (χ4n) is 3.95. The van der Waals surface area contributed by atoms with Gasteiger partial charge in [-0.15, -0.1) is 0 Å². The normalized spacial score (nSPS) is 12.5. The first-order valence-electron chi connectivity index (χ1n) is 10.5. The van der Waals surface area contributed by atoms with Gasteiger partial charge in [-0.05, 0) is 18.6 Å². The number of rotatable bonds is 8. The summed E-state index contributed by atoms with van der Waals surface area (Å²) in [7, 11) is 7.98. The fraction of sp³-hybridized carbons (Fsp3) is 0.280. The molecule has 4 rings (SSSR count). The Morgan fingerprint density at radius 3 is 2.03 bits per heavy atom. The molecule has 1 aliphatic heterocycles. The number of benzene rings is 2. The molecule has 2 heterocycles. The second-order valence-corrected chi connectivity index (χ2v) is 7.60. The minimum absolute atomic E-state index is 0.386. The van der Waals surface area contributed by atoms with Gasteiger partial charge in [0, 0.05) is 23.8 Å². The lowest BCUT2D eigenvalue weighted by Gasteiger charge is -2.29. The first-order chi connectivity index (χ1) is 16.4. The number of fused-ring (bicyclic) bond motifs is 1. The molecule has 0 fully saturated rings. The summed E-state index contributed by atoms with van der Waals surface area (Å²) in [6.45, 7) is 6.41. The summed E-state index contributed by atoms with van der Waals surface area (Å²) in [5, 5.41) is 0. The lowest BCUT2D eigenvalue weighted by Crippen LogP contribution is -2.26. The maximum atomic E-state index is 5.55. The topological polar surface area (TPSA) is 79.6 Å². The van der Waals surface area contributed by atoms with Crippen molar-refractivity contribution in [2.45, 2.75) is 6.92 Å². The van der Waals surface area contributed by atoms with Crippen molar-refractivity contribution < 1.29 is 23.7 Å². The quantitative estimate of drug-likeness (QED) is 0.489. The molecule has 0 saturated heterocycles. The Balaban J connectivity index is 1.79. The number of nitrogens with zero attached hydrogens (tertiary/aromatic N) is 4. The smallest absolute Gasteiger partial charge is 0.203 e. The van der Waals surface area contributed by atoms with Crippen LogP contribution >= 0.6 is 0 Å². The molecule has 0 spiro atoms. The average molecular weight is 465 g/mol. The molecule has 0 unspecified atom stereocenters. The summed E-state index contributed by atoms with van der Waals surface area (Å²) in [6, 6.07) is 7.58. The molecule has 0 bridgehead atoms. The van der Waals surface area contributed by atoms with E-state index in [1.165, 1.54) is 0 Å². The van der Waals surface area contributed by atoms with Gasteiger partial charge < -0.3 is 33.2 Å².